The standard InChI is InChI=1S/C16H16N2O2/c1-11-7-6-10-13(16(20)17-2)14(11)18-15(19)12-8-4-3-5-9-12/h3-10H,1-2H3,(H,17,20)(H,18,19). The van der Waals surface area contributed by atoms with Crippen molar-refractivity contribution in [2.45, 2.75) is 6.92 Å². The first-order chi connectivity index (χ1) is 9.63. The van der Waals surface area contributed by atoms with Crippen LogP contribution in [0.2, 0.25) is 0 Å². The molecule has 0 saturated carbocycles. The molecular weight excluding hydrogens is 252 g/mol. The highest BCUT2D eigenvalue weighted by Crippen LogP contribution is 2.21. The zero-order valence-corrected chi connectivity index (χ0v) is 11.4. The average molecular weight is 268 g/mol. The number of hydrogen-bond donors (Lipinski definition) is 2. The van der Waals surface area contributed by atoms with Gasteiger partial charge in [-0.2, -0.15) is 0 Å². The first-order valence-electron chi connectivity index (χ1n) is 6.31. The number of hydrogen-bond acceptors (Lipinski definition) is 2. The molecule has 2 amide bonds. The number of carbonyl (C=O) groups excluding carboxylic acids is 2. The van der Waals surface area contributed by atoms with Gasteiger partial charge in [0.15, 0.2) is 0 Å². The summed E-state index contributed by atoms with van der Waals surface area (Å²) in [5.74, 6) is -0.456. The molecule has 102 valence electrons. The van der Waals surface area contributed by atoms with Crippen LogP contribution in [0.25, 0.3) is 0 Å². The Bertz CT molecular complexity index is 636. The van der Waals surface area contributed by atoms with Crippen LogP contribution in [0.5, 0.6) is 0 Å². The Labute approximate surface area is 117 Å². The average Bonchev–Trinajstić information content (AvgIpc) is 2.49. The molecule has 2 N–H and O–H groups in total. The zero-order valence-electron chi connectivity index (χ0n) is 11.4. The minimum Gasteiger partial charge on any atom is -0.355 e. The molecule has 2 aromatic carbocycles. The van der Waals surface area contributed by atoms with E-state index in [2.05, 4.69) is 10.6 Å². The lowest BCUT2D eigenvalue weighted by Gasteiger charge is -2.13. The molecule has 0 spiro atoms. The highest BCUT2D eigenvalue weighted by molar-refractivity contribution is 6.09. The Kier molecular flexibility index (Phi) is 4.15. The molecule has 0 bridgehead atoms. The van der Waals surface area contributed by atoms with Crippen LogP contribution < -0.4 is 10.6 Å². The summed E-state index contributed by atoms with van der Waals surface area (Å²) in [5, 5.41) is 5.38. The highest BCUT2D eigenvalue weighted by Gasteiger charge is 2.15. The van der Waals surface area contributed by atoms with Gasteiger partial charge in [0.2, 0.25) is 0 Å². The molecule has 0 aliphatic heterocycles. The summed E-state index contributed by atoms with van der Waals surface area (Å²) < 4.78 is 0. The van der Waals surface area contributed by atoms with Crippen molar-refractivity contribution in [3.05, 3.63) is 65.2 Å². The van der Waals surface area contributed by atoms with Gasteiger partial charge in [-0.1, -0.05) is 30.3 Å². The molecule has 0 aliphatic carbocycles. The molecule has 0 aromatic heterocycles. The maximum absolute atomic E-state index is 12.2. The van der Waals surface area contributed by atoms with Crippen LogP contribution in [-0.2, 0) is 0 Å². The number of carbonyl (C=O) groups is 2. The monoisotopic (exact) mass is 268 g/mol. The summed E-state index contributed by atoms with van der Waals surface area (Å²) in [6.45, 7) is 1.85. The summed E-state index contributed by atoms with van der Waals surface area (Å²) in [7, 11) is 1.56. The van der Waals surface area contributed by atoms with E-state index in [0.29, 0.717) is 16.8 Å². The fourth-order valence-electron chi connectivity index (χ4n) is 1.93. The van der Waals surface area contributed by atoms with E-state index >= 15 is 0 Å². The van der Waals surface area contributed by atoms with Crippen molar-refractivity contribution in [3.8, 4) is 0 Å². The fourth-order valence-corrected chi connectivity index (χ4v) is 1.93. The van der Waals surface area contributed by atoms with Gasteiger partial charge in [-0.05, 0) is 30.7 Å². The van der Waals surface area contributed by atoms with Gasteiger partial charge in [0.25, 0.3) is 11.8 Å². The van der Waals surface area contributed by atoms with Crippen molar-refractivity contribution in [1.82, 2.24) is 5.32 Å². The minimum absolute atomic E-state index is 0.225. The van der Waals surface area contributed by atoms with Crippen LogP contribution in [0.4, 0.5) is 5.69 Å². The predicted molar refractivity (Wildman–Crippen MR) is 79.0 cm³/mol. The summed E-state index contributed by atoms with van der Waals surface area (Å²) in [6, 6.07) is 14.2. The largest absolute Gasteiger partial charge is 0.355 e. The molecule has 0 heterocycles. The Morgan fingerprint density at radius 1 is 0.900 bits per heavy atom. The maximum Gasteiger partial charge on any atom is 0.255 e. The Morgan fingerprint density at radius 3 is 2.25 bits per heavy atom. The van der Waals surface area contributed by atoms with Crippen LogP contribution >= 0.6 is 0 Å². The van der Waals surface area contributed by atoms with Gasteiger partial charge in [-0.15, -0.1) is 0 Å². The first kappa shape index (κ1) is 13.8. The molecule has 2 aromatic rings. The van der Waals surface area contributed by atoms with Gasteiger partial charge in [-0.25, -0.2) is 0 Å². The lowest BCUT2D eigenvalue weighted by Crippen LogP contribution is -2.22. The number of amides is 2. The van der Waals surface area contributed by atoms with Gasteiger partial charge in [0.05, 0.1) is 11.3 Å². The molecular formula is C16H16N2O2. The predicted octanol–water partition coefficient (Wildman–Crippen LogP) is 2.61. The number of rotatable bonds is 3. The number of nitrogens with one attached hydrogen (secondary N) is 2. The zero-order chi connectivity index (χ0) is 14.5. The van der Waals surface area contributed by atoms with Crippen LogP contribution in [0.1, 0.15) is 26.3 Å². The lowest BCUT2D eigenvalue weighted by molar-refractivity contribution is 0.0964. The SMILES string of the molecule is CNC(=O)c1cccc(C)c1NC(=O)c1ccccc1. The van der Waals surface area contributed by atoms with Gasteiger partial charge in [-0.3, -0.25) is 9.59 Å². The van der Waals surface area contributed by atoms with Gasteiger partial charge >= 0.3 is 0 Å². The number of para-hydroxylation sites is 1. The van der Waals surface area contributed by atoms with E-state index in [1.807, 2.05) is 19.1 Å². The second-order valence-electron chi connectivity index (χ2n) is 4.40. The van der Waals surface area contributed by atoms with Crippen LogP contribution in [0.15, 0.2) is 48.5 Å². The van der Waals surface area contributed by atoms with Gasteiger partial charge < -0.3 is 10.6 Å². The summed E-state index contributed by atoms with van der Waals surface area (Å²) in [6.07, 6.45) is 0. The van der Waals surface area contributed by atoms with Crippen molar-refractivity contribution >= 4 is 17.5 Å². The molecule has 2 rings (SSSR count). The van der Waals surface area contributed by atoms with E-state index in [-0.39, 0.29) is 11.8 Å². The van der Waals surface area contributed by atoms with E-state index in [0.717, 1.165) is 5.56 Å². The van der Waals surface area contributed by atoms with Crippen molar-refractivity contribution in [1.29, 1.82) is 0 Å². The van der Waals surface area contributed by atoms with E-state index in [1.54, 1.807) is 43.4 Å². The number of benzene rings is 2. The Hall–Kier alpha value is -2.62. The van der Waals surface area contributed by atoms with Gasteiger partial charge in [0.1, 0.15) is 0 Å². The highest BCUT2D eigenvalue weighted by atomic mass is 16.2. The molecule has 0 saturated heterocycles. The van der Waals surface area contributed by atoms with Crippen LogP contribution in [-0.4, -0.2) is 18.9 Å². The van der Waals surface area contributed by atoms with Crippen LogP contribution in [0, 0.1) is 6.92 Å². The van der Waals surface area contributed by atoms with Crippen molar-refractivity contribution < 1.29 is 9.59 Å². The second-order valence-corrected chi connectivity index (χ2v) is 4.40. The summed E-state index contributed by atoms with van der Waals surface area (Å²) in [4.78, 5) is 24.0. The van der Waals surface area contributed by atoms with Gasteiger partial charge in [0, 0.05) is 12.6 Å². The molecule has 4 nitrogen and oxygen atoms in total. The van der Waals surface area contributed by atoms with E-state index in [9.17, 15) is 9.59 Å². The van der Waals surface area contributed by atoms with Crippen LogP contribution in [0.3, 0.4) is 0 Å². The third-order valence-electron chi connectivity index (χ3n) is 3.02. The first-order valence-corrected chi connectivity index (χ1v) is 6.31. The molecule has 4 heteroatoms. The smallest absolute Gasteiger partial charge is 0.255 e. The van der Waals surface area contributed by atoms with E-state index in [4.69, 9.17) is 0 Å². The molecule has 0 fully saturated rings. The lowest BCUT2D eigenvalue weighted by atomic mass is 10.1. The fraction of sp³-hybridized carbons (Fsp3) is 0.125. The maximum atomic E-state index is 12.2. The Morgan fingerprint density at radius 2 is 1.60 bits per heavy atom. The topological polar surface area (TPSA) is 58.2 Å². The quantitative estimate of drug-likeness (QED) is 0.899. The normalized spacial score (nSPS) is 9.90. The number of aryl methyl sites for hydroxylation is 1. The third-order valence-corrected chi connectivity index (χ3v) is 3.02. The summed E-state index contributed by atoms with van der Waals surface area (Å²) in [5.41, 5.74) is 2.39. The van der Waals surface area contributed by atoms with Crippen molar-refractivity contribution in [3.63, 3.8) is 0 Å². The molecule has 0 aliphatic rings. The third kappa shape index (κ3) is 2.85. The molecule has 0 atom stereocenters. The molecule has 20 heavy (non-hydrogen) atoms. The van der Waals surface area contributed by atoms with E-state index < -0.39 is 0 Å². The second kappa shape index (κ2) is 6.02. The van der Waals surface area contributed by atoms with Crippen molar-refractivity contribution in [2.24, 2.45) is 0 Å². The van der Waals surface area contributed by atoms with Crippen molar-refractivity contribution in [2.75, 3.05) is 12.4 Å². The summed E-state index contributed by atoms with van der Waals surface area (Å²) >= 11 is 0. The molecule has 0 radical (unpaired) electrons. The van der Waals surface area contributed by atoms with E-state index in [1.165, 1.54) is 0 Å². The molecule has 0 unspecified atom stereocenters. The minimum atomic E-state index is -0.231. The Balaban J connectivity index is 2.34. The number of anilines is 1.